The van der Waals surface area contributed by atoms with Crippen LogP contribution in [0, 0.1) is 0 Å². The van der Waals surface area contributed by atoms with Gasteiger partial charge in [0.25, 0.3) is 5.91 Å². The number of anilines is 1. The number of carbonyl (C=O) groups excluding carboxylic acids is 1. The lowest BCUT2D eigenvalue weighted by Gasteiger charge is -2.02. The van der Waals surface area contributed by atoms with E-state index in [1.165, 1.54) is 11.3 Å². The molecule has 5 nitrogen and oxygen atoms in total. The number of halogens is 2. The smallest absolute Gasteiger partial charge is 0.277 e. The predicted octanol–water partition coefficient (Wildman–Crippen LogP) is 4.94. The molecule has 0 atom stereocenters. The third-order valence-corrected chi connectivity index (χ3v) is 5.16. The second-order valence-electron chi connectivity index (χ2n) is 5.57. The van der Waals surface area contributed by atoms with Crippen LogP contribution in [-0.4, -0.2) is 20.3 Å². The number of hydrogen-bond acceptors (Lipinski definition) is 4. The Hall–Kier alpha value is -2.41. The quantitative estimate of drug-likeness (QED) is 0.525. The monoisotopic (exact) mass is 402 g/mol. The lowest BCUT2D eigenvalue weighted by atomic mass is 10.1. The summed E-state index contributed by atoms with van der Waals surface area (Å²) in [7, 11) is 0. The van der Waals surface area contributed by atoms with Gasteiger partial charge in [-0.3, -0.25) is 14.5 Å². The lowest BCUT2D eigenvalue weighted by Crippen LogP contribution is -2.14. The second kappa shape index (κ2) is 7.07. The maximum atomic E-state index is 12.6. The van der Waals surface area contributed by atoms with Gasteiger partial charge >= 0.3 is 0 Å². The van der Waals surface area contributed by atoms with Crippen molar-refractivity contribution >= 4 is 51.2 Å². The average Bonchev–Trinajstić information content (AvgIpc) is 3.17. The zero-order valence-corrected chi connectivity index (χ0v) is 15.6. The van der Waals surface area contributed by atoms with E-state index in [1.54, 1.807) is 22.9 Å². The molecule has 4 rings (SSSR count). The maximum Gasteiger partial charge on any atom is 0.277 e. The van der Waals surface area contributed by atoms with Crippen molar-refractivity contribution in [2.45, 2.75) is 6.42 Å². The molecule has 0 spiro atoms. The number of amides is 1. The van der Waals surface area contributed by atoms with Gasteiger partial charge in [-0.05, 0) is 29.8 Å². The summed E-state index contributed by atoms with van der Waals surface area (Å²) >= 11 is 13.6. The summed E-state index contributed by atoms with van der Waals surface area (Å²) in [6, 6.07) is 13.1. The van der Waals surface area contributed by atoms with Gasteiger partial charge in [0.05, 0.1) is 0 Å². The van der Waals surface area contributed by atoms with Crippen LogP contribution in [0.4, 0.5) is 5.13 Å². The number of pyridine rings is 1. The van der Waals surface area contributed by atoms with Gasteiger partial charge in [-0.1, -0.05) is 41.4 Å². The van der Waals surface area contributed by atoms with Crippen LogP contribution in [0.5, 0.6) is 0 Å². The van der Waals surface area contributed by atoms with Crippen molar-refractivity contribution in [1.29, 1.82) is 0 Å². The van der Waals surface area contributed by atoms with Gasteiger partial charge in [-0.15, -0.1) is 11.3 Å². The van der Waals surface area contributed by atoms with E-state index in [-0.39, 0.29) is 16.8 Å². The van der Waals surface area contributed by atoms with Crippen LogP contribution in [-0.2, 0) is 6.42 Å². The molecule has 3 aromatic heterocycles. The van der Waals surface area contributed by atoms with Crippen molar-refractivity contribution in [2.24, 2.45) is 0 Å². The molecule has 4 aromatic rings. The summed E-state index contributed by atoms with van der Waals surface area (Å²) in [4.78, 5) is 22.1. The van der Waals surface area contributed by atoms with Gasteiger partial charge in [-0.2, -0.15) is 0 Å². The summed E-state index contributed by atoms with van der Waals surface area (Å²) in [5, 5.41) is 4.15. The standard InChI is InChI=1S/C18H12Cl2N4OS/c19-12-5-3-4-11(8-12)9-13-10-21-18(26-13)23-17(25)15-16(20)22-14-6-1-2-7-24(14)15/h1-8,10H,9H2,(H,21,23,25). The number of hydrogen-bond donors (Lipinski definition) is 1. The molecular weight excluding hydrogens is 391 g/mol. The first kappa shape index (κ1) is 17.0. The molecule has 3 heterocycles. The van der Waals surface area contributed by atoms with Crippen LogP contribution >= 0.6 is 34.5 Å². The fourth-order valence-electron chi connectivity index (χ4n) is 2.62. The molecular formula is C18H12Cl2N4OS. The number of imidazole rings is 1. The average molecular weight is 403 g/mol. The van der Waals surface area contributed by atoms with Gasteiger partial charge in [0, 0.05) is 28.7 Å². The molecule has 0 radical (unpaired) electrons. The third-order valence-electron chi connectivity index (χ3n) is 3.74. The number of fused-ring (bicyclic) bond motifs is 1. The van der Waals surface area contributed by atoms with Crippen molar-refractivity contribution in [1.82, 2.24) is 14.4 Å². The summed E-state index contributed by atoms with van der Waals surface area (Å²) in [5.41, 5.74) is 1.99. The van der Waals surface area contributed by atoms with E-state index in [2.05, 4.69) is 15.3 Å². The van der Waals surface area contributed by atoms with Crippen molar-refractivity contribution in [3.8, 4) is 0 Å². The molecule has 1 N–H and O–H groups in total. The SMILES string of the molecule is O=C(Nc1ncc(Cc2cccc(Cl)c2)s1)c1c(Cl)nc2ccccn12. The van der Waals surface area contributed by atoms with Gasteiger partial charge in [0.2, 0.25) is 0 Å². The predicted molar refractivity (Wildman–Crippen MR) is 105 cm³/mol. The highest BCUT2D eigenvalue weighted by molar-refractivity contribution is 7.15. The minimum Gasteiger partial charge on any atom is -0.296 e. The van der Waals surface area contributed by atoms with E-state index in [0.29, 0.717) is 22.2 Å². The van der Waals surface area contributed by atoms with Crippen LogP contribution in [0.1, 0.15) is 20.9 Å². The Morgan fingerprint density at radius 3 is 2.92 bits per heavy atom. The number of rotatable bonds is 4. The Labute approximate surface area is 163 Å². The zero-order chi connectivity index (χ0) is 18.1. The maximum absolute atomic E-state index is 12.6. The van der Waals surface area contributed by atoms with E-state index in [4.69, 9.17) is 23.2 Å². The minimum absolute atomic E-state index is 0.157. The number of benzene rings is 1. The number of thiazole rings is 1. The molecule has 0 aliphatic carbocycles. The van der Waals surface area contributed by atoms with Crippen LogP contribution in [0.3, 0.4) is 0 Å². The molecule has 130 valence electrons. The van der Waals surface area contributed by atoms with Crippen molar-refractivity contribution < 1.29 is 4.79 Å². The fraction of sp³-hybridized carbons (Fsp3) is 0.0556. The second-order valence-corrected chi connectivity index (χ2v) is 7.48. The van der Waals surface area contributed by atoms with Crippen LogP contribution < -0.4 is 5.32 Å². The van der Waals surface area contributed by atoms with Gasteiger partial charge in [0.1, 0.15) is 5.65 Å². The molecule has 0 bridgehead atoms. The Bertz CT molecular complexity index is 1110. The van der Waals surface area contributed by atoms with Crippen molar-refractivity contribution in [3.63, 3.8) is 0 Å². The lowest BCUT2D eigenvalue weighted by molar-refractivity contribution is 0.102. The number of nitrogens with one attached hydrogen (secondary N) is 1. The third kappa shape index (κ3) is 3.44. The van der Waals surface area contributed by atoms with E-state index < -0.39 is 0 Å². The van der Waals surface area contributed by atoms with E-state index in [0.717, 1.165) is 10.4 Å². The highest BCUT2D eigenvalue weighted by Crippen LogP contribution is 2.24. The van der Waals surface area contributed by atoms with Gasteiger partial charge < -0.3 is 0 Å². The Kier molecular flexibility index (Phi) is 4.63. The van der Waals surface area contributed by atoms with Crippen molar-refractivity contribution in [3.05, 3.63) is 81.2 Å². The first-order chi connectivity index (χ1) is 12.6. The highest BCUT2D eigenvalue weighted by atomic mass is 35.5. The number of carbonyl (C=O) groups is 1. The summed E-state index contributed by atoms with van der Waals surface area (Å²) in [6.07, 6.45) is 4.19. The molecule has 8 heteroatoms. The number of aromatic nitrogens is 3. The molecule has 0 aliphatic rings. The Morgan fingerprint density at radius 1 is 1.19 bits per heavy atom. The van der Waals surface area contributed by atoms with Crippen LogP contribution in [0.15, 0.2) is 54.9 Å². The van der Waals surface area contributed by atoms with E-state index in [9.17, 15) is 4.79 Å². The summed E-state index contributed by atoms with van der Waals surface area (Å²) in [6.45, 7) is 0. The minimum atomic E-state index is -0.350. The molecule has 0 fully saturated rings. The molecule has 26 heavy (non-hydrogen) atoms. The Morgan fingerprint density at radius 2 is 2.08 bits per heavy atom. The normalized spacial score (nSPS) is 11.0. The molecule has 0 aliphatic heterocycles. The van der Waals surface area contributed by atoms with Gasteiger partial charge in [-0.25, -0.2) is 9.97 Å². The topological polar surface area (TPSA) is 59.3 Å². The highest BCUT2D eigenvalue weighted by Gasteiger charge is 2.19. The largest absolute Gasteiger partial charge is 0.296 e. The van der Waals surface area contributed by atoms with E-state index in [1.807, 2.05) is 36.4 Å². The van der Waals surface area contributed by atoms with Crippen molar-refractivity contribution in [2.75, 3.05) is 5.32 Å². The molecule has 0 saturated carbocycles. The van der Waals surface area contributed by atoms with Crippen LogP contribution in [0.25, 0.3) is 5.65 Å². The number of nitrogens with zero attached hydrogens (tertiary/aromatic N) is 3. The Balaban J connectivity index is 1.53. The summed E-state index contributed by atoms with van der Waals surface area (Å²) < 4.78 is 1.65. The fourth-order valence-corrected chi connectivity index (χ4v) is 3.94. The molecule has 0 saturated heterocycles. The molecule has 1 aromatic carbocycles. The molecule has 1 amide bonds. The zero-order valence-electron chi connectivity index (χ0n) is 13.3. The first-order valence-corrected chi connectivity index (χ1v) is 9.30. The molecule has 0 unspecified atom stereocenters. The summed E-state index contributed by atoms with van der Waals surface area (Å²) in [5.74, 6) is -0.350. The van der Waals surface area contributed by atoms with E-state index >= 15 is 0 Å². The first-order valence-electron chi connectivity index (χ1n) is 7.73. The van der Waals surface area contributed by atoms with Gasteiger partial charge in [0.15, 0.2) is 16.0 Å². The van der Waals surface area contributed by atoms with Crippen LogP contribution in [0.2, 0.25) is 10.2 Å².